The lowest BCUT2D eigenvalue weighted by molar-refractivity contribution is -0.137. The predicted octanol–water partition coefficient (Wildman–Crippen LogP) is 1.49. The van der Waals surface area contributed by atoms with Crippen LogP contribution < -0.4 is 5.32 Å². The van der Waals surface area contributed by atoms with Crippen molar-refractivity contribution in [1.82, 2.24) is 0 Å². The molecule has 0 bridgehead atoms. The van der Waals surface area contributed by atoms with Crippen molar-refractivity contribution in [3.05, 3.63) is 35.4 Å². The fraction of sp³-hybridized carbons (Fsp3) is 0.200. The van der Waals surface area contributed by atoms with Crippen molar-refractivity contribution in [2.45, 2.75) is 0 Å². The standard InChI is InChI=1S/C15H14N2O6/c1-21-13(18)10(8-16)12(14(19)22-2)9-6-4-5-7-11(9)17-15(20)23-3/h4-7H,1-3H3,(H,17,20)/b12-10+. The van der Waals surface area contributed by atoms with Crippen molar-refractivity contribution in [1.29, 1.82) is 5.26 Å². The number of amides is 1. The summed E-state index contributed by atoms with van der Waals surface area (Å²) in [5.74, 6) is -1.92. The minimum absolute atomic E-state index is 0.117. The first-order valence-electron chi connectivity index (χ1n) is 6.25. The Bertz CT molecular complexity index is 702. The molecule has 8 nitrogen and oxygen atoms in total. The molecule has 23 heavy (non-hydrogen) atoms. The third kappa shape index (κ3) is 4.07. The Morgan fingerprint density at radius 1 is 1.00 bits per heavy atom. The first-order chi connectivity index (χ1) is 11.0. The van der Waals surface area contributed by atoms with Crippen LogP contribution >= 0.6 is 0 Å². The molecule has 1 N–H and O–H groups in total. The van der Waals surface area contributed by atoms with Gasteiger partial charge in [0.05, 0.1) is 32.6 Å². The van der Waals surface area contributed by atoms with E-state index in [0.29, 0.717) is 0 Å². The summed E-state index contributed by atoms with van der Waals surface area (Å²) in [6.07, 6.45) is -0.779. The maximum atomic E-state index is 12.1. The predicted molar refractivity (Wildman–Crippen MR) is 79.0 cm³/mol. The molecule has 0 fully saturated rings. The molecular formula is C15H14N2O6. The molecule has 0 aromatic heterocycles. The lowest BCUT2D eigenvalue weighted by Gasteiger charge is -2.13. The van der Waals surface area contributed by atoms with E-state index in [1.807, 2.05) is 0 Å². The van der Waals surface area contributed by atoms with Gasteiger partial charge in [-0.25, -0.2) is 14.4 Å². The van der Waals surface area contributed by atoms with Crippen LogP contribution in [0.5, 0.6) is 0 Å². The number of benzene rings is 1. The molecule has 0 atom stereocenters. The summed E-state index contributed by atoms with van der Waals surface area (Å²) in [7, 11) is 3.35. The van der Waals surface area contributed by atoms with Crippen LogP contribution in [0.15, 0.2) is 29.8 Å². The highest BCUT2D eigenvalue weighted by Gasteiger charge is 2.26. The van der Waals surface area contributed by atoms with Gasteiger partial charge in [-0.3, -0.25) is 5.32 Å². The normalized spacial score (nSPS) is 10.7. The molecule has 0 heterocycles. The smallest absolute Gasteiger partial charge is 0.411 e. The summed E-state index contributed by atoms with van der Waals surface area (Å²) in [6.45, 7) is 0. The highest BCUT2D eigenvalue weighted by atomic mass is 16.5. The van der Waals surface area contributed by atoms with Crippen molar-refractivity contribution in [2.75, 3.05) is 26.6 Å². The first kappa shape index (κ1) is 17.7. The highest BCUT2D eigenvalue weighted by molar-refractivity contribution is 6.25. The van der Waals surface area contributed by atoms with Gasteiger partial charge in [-0.1, -0.05) is 18.2 Å². The van der Waals surface area contributed by atoms with Crippen LogP contribution in [0.25, 0.3) is 5.57 Å². The molecule has 1 rings (SSSR count). The van der Waals surface area contributed by atoms with Crippen molar-refractivity contribution < 1.29 is 28.6 Å². The Kier molecular flexibility index (Phi) is 6.30. The number of para-hydroxylation sites is 1. The Labute approximate surface area is 132 Å². The minimum Gasteiger partial charge on any atom is -0.465 e. The third-order valence-electron chi connectivity index (χ3n) is 2.76. The molecule has 0 aliphatic carbocycles. The molecule has 1 amide bonds. The Morgan fingerprint density at radius 2 is 1.61 bits per heavy atom. The number of nitrogens with one attached hydrogen (secondary N) is 1. The van der Waals surface area contributed by atoms with Gasteiger partial charge in [0.15, 0.2) is 5.57 Å². The minimum atomic E-state index is -0.999. The lowest BCUT2D eigenvalue weighted by atomic mass is 9.98. The van der Waals surface area contributed by atoms with Crippen molar-refractivity contribution in [3.8, 4) is 6.07 Å². The van der Waals surface area contributed by atoms with E-state index in [1.165, 1.54) is 19.2 Å². The second-order valence-electron chi connectivity index (χ2n) is 4.01. The van der Waals surface area contributed by atoms with E-state index in [-0.39, 0.29) is 16.8 Å². The number of nitriles is 1. The van der Waals surface area contributed by atoms with Gasteiger partial charge in [-0.2, -0.15) is 5.26 Å². The van der Waals surface area contributed by atoms with Gasteiger partial charge in [0.2, 0.25) is 0 Å². The molecule has 1 aromatic carbocycles. The number of carbonyl (C=O) groups excluding carboxylic acids is 3. The quantitative estimate of drug-likeness (QED) is 0.387. The van der Waals surface area contributed by atoms with Crippen LogP contribution in [0.1, 0.15) is 5.56 Å². The Morgan fingerprint density at radius 3 is 2.13 bits per heavy atom. The van der Waals surface area contributed by atoms with Crippen molar-refractivity contribution >= 4 is 29.3 Å². The second-order valence-corrected chi connectivity index (χ2v) is 4.01. The summed E-state index contributed by atoms with van der Waals surface area (Å²) >= 11 is 0. The molecule has 0 spiro atoms. The van der Waals surface area contributed by atoms with E-state index in [4.69, 9.17) is 0 Å². The van der Waals surface area contributed by atoms with Gasteiger partial charge in [-0.05, 0) is 6.07 Å². The number of anilines is 1. The zero-order valence-corrected chi connectivity index (χ0v) is 12.7. The average Bonchev–Trinajstić information content (AvgIpc) is 2.58. The first-order valence-corrected chi connectivity index (χ1v) is 6.25. The van der Waals surface area contributed by atoms with Crippen LogP contribution in [-0.4, -0.2) is 39.4 Å². The fourth-order valence-electron chi connectivity index (χ4n) is 1.73. The SMILES string of the molecule is COC(=O)Nc1ccccc1/C(C(=O)OC)=C(/C#N)C(=O)OC. The lowest BCUT2D eigenvalue weighted by Crippen LogP contribution is -2.17. The van der Waals surface area contributed by atoms with Crippen LogP contribution in [0.3, 0.4) is 0 Å². The van der Waals surface area contributed by atoms with Gasteiger partial charge >= 0.3 is 18.0 Å². The summed E-state index contributed by atoms with van der Waals surface area (Å²) in [5, 5.41) is 11.6. The van der Waals surface area contributed by atoms with Gasteiger partial charge in [0, 0.05) is 5.56 Å². The molecular weight excluding hydrogens is 304 g/mol. The molecule has 8 heteroatoms. The number of esters is 2. The number of carbonyl (C=O) groups is 3. The Balaban J connectivity index is 3.61. The highest BCUT2D eigenvalue weighted by Crippen LogP contribution is 2.28. The zero-order chi connectivity index (χ0) is 17.4. The monoisotopic (exact) mass is 318 g/mol. The maximum Gasteiger partial charge on any atom is 0.411 e. The van der Waals surface area contributed by atoms with E-state index < -0.39 is 23.6 Å². The largest absolute Gasteiger partial charge is 0.465 e. The number of rotatable bonds is 4. The summed E-state index contributed by atoms with van der Waals surface area (Å²) in [6, 6.07) is 7.69. The fourth-order valence-corrected chi connectivity index (χ4v) is 1.73. The van der Waals surface area contributed by atoms with E-state index in [9.17, 15) is 19.6 Å². The second kappa shape index (κ2) is 8.19. The number of hydrogen-bond acceptors (Lipinski definition) is 7. The number of methoxy groups -OCH3 is 3. The van der Waals surface area contributed by atoms with Gasteiger partial charge in [0.25, 0.3) is 0 Å². The van der Waals surface area contributed by atoms with E-state index in [2.05, 4.69) is 19.5 Å². The van der Waals surface area contributed by atoms with Crippen molar-refractivity contribution in [3.63, 3.8) is 0 Å². The topological polar surface area (TPSA) is 115 Å². The van der Waals surface area contributed by atoms with Gasteiger partial charge < -0.3 is 14.2 Å². The molecule has 0 saturated heterocycles. The van der Waals surface area contributed by atoms with E-state index >= 15 is 0 Å². The van der Waals surface area contributed by atoms with Crippen LogP contribution in [0.4, 0.5) is 10.5 Å². The summed E-state index contributed by atoms with van der Waals surface area (Å²) < 4.78 is 13.6. The number of hydrogen-bond donors (Lipinski definition) is 1. The van der Waals surface area contributed by atoms with Crippen LogP contribution in [-0.2, 0) is 23.8 Å². The molecule has 0 unspecified atom stereocenters. The van der Waals surface area contributed by atoms with Crippen LogP contribution in [0.2, 0.25) is 0 Å². The molecule has 0 aliphatic heterocycles. The van der Waals surface area contributed by atoms with Gasteiger partial charge in [-0.15, -0.1) is 0 Å². The molecule has 120 valence electrons. The van der Waals surface area contributed by atoms with E-state index in [1.54, 1.807) is 18.2 Å². The number of nitrogens with zero attached hydrogens (tertiary/aromatic N) is 1. The zero-order valence-electron chi connectivity index (χ0n) is 12.7. The average molecular weight is 318 g/mol. The molecule has 0 saturated carbocycles. The molecule has 1 aromatic rings. The van der Waals surface area contributed by atoms with Crippen LogP contribution in [0, 0.1) is 11.3 Å². The molecule has 0 aliphatic rings. The summed E-state index contributed by atoms with van der Waals surface area (Å²) in [4.78, 5) is 35.2. The Hall–Kier alpha value is -3.34. The van der Waals surface area contributed by atoms with E-state index in [0.717, 1.165) is 14.2 Å². The maximum absolute atomic E-state index is 12.1. The van der Waals surface area contributed by atoms with Gasteiger partial charge in [0.1, 0.15) is 6.07 Å². The summed E-state index contributed by atoms with van der Waals surface area (Å²) in [5.41, 5.74) is -0.588. The molecule has 0 radical (unpaired) electrons. The number of ether oxygens (including phenoxy) is 3. The third-order valence-corrected chi connectivity index (χ3v) is 2.76. The van der Waals surface area contributed by atoms with Crippen molar-refractivity contribution in [2.24, 2.45) is 0 Å².